The summed E-state index contributed by atoms with van der Waals surface area (Å²) in [6.07, 6.45) is 7.34. The first-order valence-corrected chi connectivity index (χ1v) is 11.7. The van der Waals surface area contributed by atoms with E-state index in [0.29, 0.717) is 5.06 Å². The molecule has 13 nitrogen and oxygen atoms in total. The average molecular weight is 582 g/mol. The average Bonchev–Trinajstić information content (AvgIpc) is 3.61. The van der Waals surface area contributed by atoms with Crippen LogP contribution in [0.25, 0.3) is 0 Å². The van der Waals surface area contributed by atoms with Gasteiger partial charge in [0.15, 0.2) is 4.30 Å². The van der Waals surface area contributed by atoms with Crippen LogP contribution in [0.3, 0.4) is 0 Å². The van der Waals surface area contributed by atoms with Crippen LogP contribution >= 0.6 is 34.8 Å². The number of hydrogen-bond acceptors (Lipinski definition) is 8. The summed E-state index contributed by atoms with van der Waals surface area (Å²) in [5.74, 6) is -3.36. The molecule has 2 aliphatic heterocycles. The number of alkyl halides is 3. The highest BCUT2D eigenvalue weighted by Crippen LogP contribution is 2.13. The maximum absolute atomic E-state index is 11.4. The number of nitrogens with one attached hydrogen (secondary N) is 2. The molecule has 16 heteroatoms. The summed E-state index contributed by atoms with van der Waals surface area (Å²) in [5.41, 5.74) is 1.55. The van der Waals surface area contributed by atoms with Crippen molar-refractivity contribution in [1.82, 2.24) is 20.1 Å². The number of carbonyl (C=O) groups excluding carboxylic acids is 5. The number of rotatable bonds is 5. The molecule has 4 amide bonds. The smallest absolute Gasteiger partial charge is 0.337 e. The molecule has 2 saturated heterocycles. The van der Waals surface area contributed by atoms with Crippen LogP contribution in [0.4, 0.5) is 0 Å². The van der Waals surface area contributed by atoms with E-state index in [0.717, 1.165) is 11.1 Å². The largest absolute Gasteiger partial charge is 0.481 e. The van der Waals surface area contributed by atoms with E-state index in [1.165, 1.54) is 0 Å². The van der Waals surface area contributed by atoms with E-state index >= 15 is 0 Å². The van der Waals surface area contributed by atoms with Crippen molar-refractivity contribution in [3.8, 4) is 0 Å². The molecule has 4 rings (SSSR count). The first-order valence-electron chi connectivity index (χ1n) is 10.4. The molecule has 2 aromatic rings. The van der Waals surface area contributed by atoms with E-state index in [1.807, 2.05) is 0 Å². The maximum atomic E-state index is 11.4. The van der Waals surface area contributed by atoms with Crippen LogP contribution in [0.2, 0.25) is 0 Å². The SMILES string of the molecule is ClC(Cl)Cl.O=C(Cc1cc[nH]c1)ON1C(=O)CCC1=O.O=C(O)Cc1cc[nH]c1.O=C1CCC(=O)N1O. The standard InChI is InChI=1S/C10H10N2O4.C6H7NO2.C4H5NO3.CHCl3/c13-8-1-2-9(14)12(8)16-10(15)5-7-3-4-11-6-7;8-6(9)3-5-1-2-7-4-5;6-3-1-2-4(7)5(3)8;2-1(3)4/h3-4,6,11H,1-2,5H2;1-2,4,7H,3H2,(H,8,9);8H,1-2H2;1H. The predicted molar refractivity (Wildman–Crippen MR) is 128 cm³/mol. The monoisotopic (exact) mass is 580 g/mol. The lowest BCUT2D eigenvalue weighted by atomic mass is 10.2. The lowest BCUT2D eigenvalue weighted by Crippen LogP contribution is -2.32. The molecule has 37 heavy (non-hydrogen) atoms. The fourth-order valence-electron chi connectivity index (χ4n) is 2.63. The summed E-state index contributed by atoms with van der Waals surface area (Å²) in [7, 11) is 0. The van der Waals surface area contributed by atoms with Gasteiger partial charge in [0.2, 0.25) is 0 Å². The summed E-state index contributed by atoms with van der Waals surface area (Å²) >= 11 is 14.4. The van der Waals surface area contributed by atoms with Crippen molar-refractivity contribution in [2.45, 2.75) is 42.8 Å². The number of carbonyl (C=O) groups is 6. The number of amides is 4. The Morgan fingerprint density at radius 1 is 0.838 bits per heavy atom. The first-order chi connectivity index (χ1) is 17.4. The van der Waals surface area contributed by atoms with Gasteiger partial charge < -0.3 is 19.9 Å². The maximum Gasteiger partial charge on any atom is 0.337 e. The summed E-state index contributed by atoms with van der Waals surface area (Å²) in [6.45, 7) is 0. The van der Waals surface area contributed by atoms with Gasteiger partial charge in [0.05, 0.1) is 12.8 Å². The molecular formula is C21H23Cl3N4O9. The number of carboxylic acid groups (broad SMARTS) is 1. The van der Waals surface area contributed by atoms with Gasteiger partial charge in [0.25, 0.3) is 23.6 Å². The number of H-pyrrole nitrogens is 2. The highest BCUT2D eigenvalue weighted by Gasteiger charge is 2.32. The van der Waals surface area contributed by atoms with Gasteiger partial charge >= 0.3 is 11.9 Å². The number of hydroxylamine groups is 4. The second-order valence-corrected chi connectivity index (χ2v) is 9.06. The van der Waals surface area contributed by atoms with Gasteiger partial charge in [-0.1, -0.05) is 34.8 Å². The minimum Gasteiger partial charge on any atom is -0.481 e. The highest BCUT2D eigenvalue weighted by atomic mass is 35.6. The number of hydrogen-bond donors (Lipinski definition) is 4. The molecule has 0 aromatic carbocycles. The van der Waals surface area contributed by atoms with E-state index in [-0.39, 0.29) is 43.6 Å². The number of halogens is 3. The third kappa shape index (κ3) is 12.9. The molecule has 0 spiro atoms. The Morgan fingerprint density at radius 2 is 1.24 bits per heavy atom. The van der Waals surface area contributed by atoms with Crippen LogP contribution in [-0.4, -0.2) is 70.3 Å². The second kappa shape index (κ2) is 16.4. The van der Waals surface area contributed by atoms with Crippen LogP contribution in [0, 0.1) is 0 Å². The quantitative estimate of drug-likeness (QED) is 0.233. The Bertz CT molecular complexity index is 1020. The molecule has 2 fully saturated rings. The van der Waals surface area contributed by atoms with E-state index in [4.69, 9.17) is 50.0 Å². The van der Waals surface area contributed by atoms with Gasteiger partial charge in [-0.3, -0.25) is 29.2 Å². The molecule has 0 atom stereocenters. The lowest BCUT2D eigenvalue weighted by Gasteiger charge is -2.11. The van der Waals surface area contributed by atoms with Gasteiger partial charge in [-0.25, -0.2) is 4.79 Å². The van der Waals surface area contributed by atoms with Crippen molar-refractivity contribution in [2.75, 3.05) is 0 Å². The number of carboxylic acids is 1. The van der Waals surface area contributed by atoms with Crippen molar-refractivity contribution < 1.29 is 43.9 Å². The molecule has 0 aliphatic carbocycles. The number of nitrogens with zero attached hydrogens (tertiary/aromatic N) is 2. The molecule has 0 saturated carbocycles. The fourth-order valence-corrected chi connectivity index (χ4v) is 2.63. The van der Waals surface area contributed by atoms with Crippen molar-refractivity contribution in [3.05, 3.63) is 48.0 Å². The molecule has 0 unspecified atom stereocenters. The third-order valence-corrected chi connectivity index (χ3v) is 4.25. The zero-order valence-electron chi connectivity index (χ0n) is 19.1. The Kier molecular flexibility index (Phi) is 14.0. The lowest BCUT2D eigenvalue weighted by molar-refractivity contribution is -0.197. The van der Waals surface area contributed by atoms with Gasteiger partial charge in [0.1, 0.15) is 0 Å². The number of aromatic nitrogens is 2. The molecule has 2 aliphatic rings. The van der Waals surface area contributed by atoms with E-state index in [2.05, 4.69) is 9.97 Å². The van der Waals surface area contributed by atoms with Gasteiger partial charge in [-0.15, -0.1) is 5.06 Å². The van der Waals surface area contributed by atoms with E-state index in [9.17, 15) is 28.8 Å². The first kappa shape index (κ1) is 31.6. The minimum absolute atomic E-state index is 0.0283. The number of aliphatic carboxylic acids is 1. The zero-order chi connectivity index (χ0) is 28.0. The summed E-state index contributed by atoms with van der Waals surface area (Å²) in [6, 6.07) is 3.46. The van der Waals surface area contributed by atoms with Crippen molar-refractivity contribution >= 4 is 70.4 Å². The third-order valence-electron chi connectivity index (χ3n) is 4.25. The fraction of sp³-hybridized carbons (Fsp3) is 0.333. The summed E-state index contributed by atoms with van der Waals surface area (Å²) in [4.78, 5) is 74.4. The highest BCUT2D eigenvalue weighted by molar-refractivity contribution is 6.63. The minimum atomic E-state index is -0.797. The molecule has 0 bridgehead atoms. The normalized spacial score (nSPS) is 14.4. The summed E-state index contributed by atoms with van der Waals surface area (Å²) in [5, 5.41) is 17.4. The Labute approximate surface area is 225 Å². The van der Waals surface area contributed by atoms with Gasteiger partial charge in [-0.2, -0.15) is 5.06 Å². The molecule has 0 radical (unpaired) electrons. The van der Waals surface area contributed by atoms with E-state index < -0.39 is 39.9 Å². The predicted octanol–water partition coefficient (Wildman–Crippen LogP) is 2.32. The van der Waals surface area contributed by atoms with Gasteiger partial charge in [-0.05, 0) is 23.3 Å². The van der Waals surface area contributed by atoms with Crippen LogP contribution in [-0.2, 0) is 46.4 Å². The van der Waals surface area contributed by atoms with E-state index in [1.54, 1.807) is 36.9 Å². The molecule has 4 N–H and O–H groups in total. The Balaban J connectivity index is 0.000000277. The van der Waals surface area contributed by atoms with Crippen LogP contribution in [0.15, 0.2) is 36.9 Å². The van der Waals surface area contributed by atoms with Crippen LogP contribution in [0.5, 0.6) is 0 Å². The Hall–Kier alpha value is -3.39. The van der Waals surface area contributed by atoms with Crippen LogP contribution < -0.4 is 0 Å². The van der Waals surface area contributed by atoms with Gasteiger partial charge in [0, 0.05) is 50.5 Å². The van der Waals surface area contributed by atoms with Crippen molar-refractivity contribution in [1.29, 1.82) is 0 Å². The van der Waals surface area contributed by atoms with Crippen molar-refractivity contribution in [3.63, 3.8) is 0 Å². The van der Waals surface area contributed by atoms with Crippen molar-refractivity contribution in [2.24, 2.45) is 0 Å². The summed E-state index contributed by atoms with van der Waals surface area (Å²) < 4.78 is -0.750. The number of imide groups is 2. The molecular weight excluding hydrogens is 559 g/mol. The molecule has 2 aromatic heterocycles. The molecule has 4 heterocycles. The zero-order valence-corrected chi connectivity index (χ0v) is 21.3. The number of aromatic amines is 2. The molecule has 202 valence electrons. The topological polar surface area (TPSA) is 190 Å². The Morgan fingerprint density at radius 3 is 1.57 bits per heavy atom. The van der Waals surface area contributed by atoms with Crippen LogP contribution in [0.1, 0.15) is 36.8 Å². The second-order valence-electron chi connectivity index (χ2n) is 7.08.